The second kappa shape index (κ2) is 6.05. The fourth-order valence-corrected chi connectivity index (χ4v) is 2.40. The van der Waals surface area contributed by atoms with E-state index in [4.69, 9.17) is 10.8 Å². The van der Waals surface area contributed by atoms with Gasteiger partial charge in [-0.15, -0.1) is 0 Å². The van der Waals surface area contributed by atoms with E-state index < -0.39 is 5.97 Å². The summed E-state index contributed by atoms with van der Waals surface area (Å²) in [5.74, 6) is -0.894. The third-order valence-corrected chi connectivity index (χ3v) is 3.78. The molecule has 0 aromatic heterocycles. The predicted molar refractivity (Wildman–Crippen MR) is 75.4 cm³/mol. The van der Waals surface area contributed by atoms with Gasteiger partial charge in [0.05, 0.1) is 5.56 Å². The number of amides is 1. The first kappa shape index (κ1) is 14.5. The first-order chi connectivity index (χ1) is 9.51. The van der Waals surface area contributed by atoms with Crippen LogP contribution in [0.1, 0.15) is 41.3 Å². The summed E-state index contributed by atoms with van der Waals surface area (Å²) in [6.45, 7) is 3.11. The van der Waals surface area contributed by atoms with Crippen LogP contribution >= 0.6 is 0 Å². The van der Waals surface area contributed by atoms with Gasteiger partial charge in [-0.05, 0) is 36.1 Å². The van der Waals surface area contributed by atoms with Gasteiger partial charge in [0.1, 0.15) is 0 Å². The molecule has 3 N–H and O–H groups in total. The number of rotatable bonds is 4. The SMILES string of the molecule is CCC(N)CC(=O)N1CCc2ccc(C(=O)O)cc2C1. The predicted octanol–water partition coefficient (Wildman–Crippen LogP) is 1.40. The maximum atomic E-state index is 12.1. The Bertz CT molecular complexity index is 528. The van der Waals surface area contributed by atoms with E-state index in [1.54, 1.807) is 17.0 Å². The molecule has 0 radical (unpaired) electrons. The molecule has 1 aromatic carbocycles. The highest BCUT2D eigenvalue weighted by molar-refractivity contribution is 5.88. The largest absolute Gasteiger partial charge is 0.478 e. The number of benzene rings is 1. The lowest BCUT2D eigenvalue weighted by molar-refractivity contribution is -0.132. The minimum Gasteiger partial charge on any atom is -0.478 e. The molecule has 0 aliphatic carbocycles. The zero-order valence-corrected chi connectivity index (χ0v) is 11.6. The molecule has 2 rings (SSSR count). The third kappa shape index (κ3) is 3.17. The number of carboxylic acids is 1. The third-order valence-electron chi connectivity index (χ3n) is 3.78. The van der Waals surface area contributed by atoms with Crippen LogP contribution in [0.3, 0.4) is 0 Å². The molecule has 1 aliphatic heterocycles. The molecule has 0 fully saturated rings. The molecule has 5 nitrogen and oxygen atoms in total. The van der Waals surface area contributed by atoms with Crippen molar-refractivity contribution in [2.45, 2.75) is 38.8 Å². The minimum absolute atomic E-state index is 0.0470. The zero-order valence-electron chi connectivity index (χ0n) is 11.6. The molecule has 0 bridgehead atoms. The summed E-state index contributed by atoms with van der Waals surface area (Å²) < 4.78 is 0. The Morgan fingerprint density at radius 1 is 1.40 bits per heavy atom. The maximum absolute atomic E-state index is 12.1. The molecule has 0 saturated heterocycles. The van der Waals surface area contributed by atoms with E-state index >= 15 is 0 Å². The molecule has 5 heteroatoms. The second-order valence-corrected chi connectivity index (χ2v) is 5.23. The van der Waals surface area contributed by atoms with Crippen molar-refractivity contribution >= 4 is 11.9 Å². The Morgan fingerprint density at radius 2 is 2.15 bits per heavy atom. The van der Waals surface area contributed by atoms with Crippen LogP contribution in [0.25, 0.3) is 0 Å². The summed E-state index contributed by atoms with van der Waals surface area (Å²) in [7, 11) is 0. The summed E-state index contributed by atoms with van der Waals surface area (Å²) in [5, 5.41) is 9.02. The lowest BCUT2D eigenvalue weighted by Gasteiger charge is -2.30. The first-order valence-corrected chi connectivity index (χ1v) is 6.89. The fourth-order valence-electron chi connectivity index (χ4n) is 2.40. The van der Waals surface area contributed by atoms with Gasteiger partial charge in [-0.2, -0.15) is 0 Å². The molecule has 1 atom stereocenters. The Balaban J connectivity index is 2.11. The number of hydrogen-bond donors (Lipinski definition) is 2. The van der Waals surface area contributed by atoms with Gasteiger partial charge in [-0.25, -0.2) is 4.79 Å². The first-order valence-electron chi connectivity index (χ1n) is 6.89. The van der Waals surface area contributed by atoms with E-state index in [1.165, 1.54) is 0 Å². The maximum Gasteiger partial charge on any atom is 0.335 e. The molecule has 1 heterocycles. The average Bonchev–Trinajstić information content (AvgIpc) is 2.45. The smallest absolute Gasteiger partial charge is 0.335 e. The Kier molecular flexibility index (Phi) is 4.39. The number of aromatic carboxylic acids is 1. The van der Waals surface area contributed by atoms with Crippen LogP contribution < -0.4 is 5.73 Å². The van der Waals surface area contributed by atoms with Gasteiger partial charge in [0.15, 0.2) is 0 Å². The summed E-state index contributed by atoms with van der Waals surface area (Å²) in [5.41, 5.74) is 8.13. The molecule has 1 aliphatic rings. The number of nitrogens with two attached hydrogens (primary N) is 1. The van der Waals surface area contributed by atoms with Gasteiger partial charge >= 0.3 is 5.97 Å². The van der Waals surface area contributed by atoms with Crippen LogP contribution in [0.15, 0.2) is 18.2 Å². The van der Waals surface area contributed by atoms with Crippen LogP contribution in [-0.4, -0.2) is 34.5 Å². The average molecular weight is 276 g/mol. The number of fused-ring (bicyclic) bond motifs is 1. The number of carbonyl (C=O) groups excluding carboxylic acids is 1. The Labute approximate surface area is 118 Å². The Morgan fingerprint density at radius 3 is 2.80 bits per heavy atom. The Hall–Kier alpha value is -1.88. The van der Waals surface area contributed by atoms with E-state index in [0.717, 1.165) is 24.0 Å². The van der Waals surface area contributed by atoms with Gasteiger partial charge in [0.2, 0.25) is 5.91 Å². The van der Waals surface area contributed by atoms with Crippen molar-refractivity contribution in [1.29, 1.82) is 0 Å². The van der Waals surface area contributed by atoms with E-state index in [9.17, 15) is 9.59 Å². The van der Waals surface area contributed by atoms with Gasteiger partial charge in [0, 0.05) is 25.6 Å². The molecule has 1 unspecified atom stereocenters. The normalized spacial score (nSPS) is 15.6. The van der Waals surface area contributed by atoms with Crippen molar-refractivity contribution in [2.75, 3.05) is 6.54 Å². The van der Waals surface area contributed by atoms with Crippen LogP contribution in [0, 0.1) is 0 Å². The van der Waals surface area contributed by atoms with Crippen LogP contribution in [0.5, 0.6) is 0 Å². The van der Waals surface area contributed by atoms with Crippen molar-refractivity contribution in [1.82, 2.24) is 4.90 Å². The molecule has 1 amide bonds. The highest BCUT2D eigenvalue weighted by Gasteiger charge is 2.22. The van der Waals surface area contributed by atoms with Gasteiger partial charge in [-0.3, -0.25) is 4.79 Å². The standard InChI is InChI=1S/C15H20N2O3/c1-2-13(16)8-14(18)17-6-5-10-3-4-11(15(19)20)7-12(10)9-17/h3-4,7,13H,2,5-6,8-9,16H2,1H3,(H,19,20). The van der Waals surface area contributed by atoms with Crippen molar-refractivity contribution < 1.29 is 14.7 Å². The summed E-state index contributed by atoms with van der Waals surface area (Å²) >= 11 is 0. The molecular weight excluding hydrogens is 256 g/mol. The lowest BCUT2D eigenvalue weighted by atomic mass is 9.97. The fraction of sp³-hybridized carbons (Fsp3) is 0.467. The molecule has 1 aromatic rings. The molecule has 0 spiro atoms. The van der Waals surface area contributed by atoms with Gasteiger partial charge in [0.25, 0.3) is 0 Å². The van der Waals surface area contributed by atoms with E-state index in [1.807, 2.05) is 13.0 Å². The monoisotopic (exact) mass is 276 g/mol. The second-order valence-electron chi connectivity index (χ2n) is 5.23. The van der Waals surface area contributed by atoms with Crippen molar-refractivity contribution in [2.24, 2.45) is 5.73 Å². The molecule has 0 saturated carbocycles. The summed E-state index contributed by atoms with van der Waals surface area (Å²) in [6, 6.07) is 5.02. The molecular formula is C15H20N2O3. The van der Waals surface area contributed by atoms with Gasteiger partial charge < -0.3 is 15.7 Å². The lowest BCUT2D eigenvalue weighted by Crippen LogP contribution is -2.39. The highest BCUT2D eigenvalue weighted by Crippen LogP contribution is 2.21. The van der Waals surface area contributed by atoms with Gasteiger partial charge in [-0.1, -0.05) is 13.0 Å². The van der Waals surface area contributed by atoms with Crippen molar-refractivity contribution in [3.05, 3.63) is 34.9 Å². The number of hydrogen-bond acceptors (Lipinski definition) is 3. The van der Waals surface area contributed by atoms with Crippen molar-refractivity contribution in [3.63, 3.8) is 0 Å². The van der Waals surface area contributed by atoms with E-state index in [2.05, 4.69) is 0 Å². The van der Waals surface area contributed by atoms with Crippen LogP contribution in [0.4, 0.5) is 0 Å². The quantitative estimate of drug-likeness (QED) is 0.870. The summed E-state index contributed by atoms with van der Waals surface area (Å²) in [6.07, 6.45) is 1.89. The van der Waals surface area contributed by atoms with Crippen molar-refractivity contribution in [3.8, 4) is 0 Å². The van der Waals surface area contributed by atoms with E-state index in [0.29, 0.717) is 19.5 Å². The topological polar surface area (TPSA) is 83.6 Å². The highest BCUT2D eigenvalue weighted by atomic mass is 16.4. The molecule has 108 valence electrons. The number of carboxylic acid groups (broad SMARTS) is 1. The minimum atomic E-state index is -0.941. The number of nitrogens with zero attached hydrogens (tertiary/aromatic N) is 1. The molecule has 20 heavy (non-hydrogen) atoms. The van der Waals surface area contributed by atoms with Crippen LogP contribution in [-0.2, 0) is 17.8 Å². The van der Waals surface area contributed by atoms with E-state index in [-0.39, 0.29) is 17.5 Å². The number of carbonyl (C=O) groups is 2. The zero-order chi connectivity index (χ0) is 14.7. The van der Waals surface area contributed by atoms with Crippen LogP contribution in [0.2, 0.25) is 0 Å². The summed E-state index contributed by atoms with van der Waals surface area (Å²) in [4.78, 5) is 24.9.